The standard InChI is InChI=1S/C5H5.C4H8O.5CH3.2ClH.Cr/c2*1-2-4-5-3-1;;;;;;;;/h1-3H,4H2;1-4H2;5*1H3;2*1H;. The van der Waals surface area contributed by atoms with Gasteiger partial charge in [-0.25, -0.2) is 0 Å². The van der Waals surface area contributed by atoms with Crippen LogP contribution in [0.5, 0.6) is 0 Å². The SMILES string of the molecule is C1CCOC1.Cl.Cl.[CH3][Cr]([CH3])([CH3])([CH3])([CH3])[C]1=CC=CC1. The van der Waals surface area contributed by atoms with Gasteiger partial charge in [0.05, 0.1) is 0 Å². The van der Waals surface area contributed by atoms with Crippen molar-refractivity contribution >= 4 is 24.8 Å². The molecule has 1 saturated heterocycles. The van der Waals surface area contributed by atoms with Gasteiger partial charge in [0.15, 0.2) is 0 Å². The van der Waals surface area contributed by atoms with Crippen molar-refractivity contribution in [2.45, 2.75) is 48.2 Å². The summed E-state index contributed by atoms with van der Waals surface area (Å²) in [5.41, 5.74) is 0. The van der Waals surface area contributed by atoms with Gasteiger partial charge in [0.2, 0.25) is 0 Å². The van der Waals surface area contributed by atoms with Crippen molar-refractivity contribution in [3.8, 4) is 0 Å². The molecule has 0 unspecified atom stereocenters. The third-order valence-electron chi connectivity index (χ3n) is 2.88. The van der Waals surface area contributed by atoms with Crippen LogP contribution in [0.3, 0.4) is 0 Å². The van der Waals surface area contributed by atoms with Crippen LogP contribution in [-0.2, 0) is 15.7 Å². The average molecular weight is 337 g/mol. The van der Waals surface area contributed by atoms with E-state index in [2.05, 4.69) is 47.2 Å². The molecular weight excluding hydrogens is 307 g/mol. The van der Waals surface area contributed by atoms with Crippen molar-refractivity contribution in [3.05, 3.63) is 22.7 Å². The van der Waals surface area contributed by atoms with Crippen LogP contribution in [0.25, 0.3) is 0 Å². The Morgan fingerprint density at radius 1 is 0.944 bits per heavy atom. The summed E-state index contributed by atoms with van der Waals surface area (Å²) < 4.78 is 6.62. The Kier molecular flexibility index (Phi) is 7.34. The van der Waals surface area contributed by atoms with Crippen molar-refractivity contribution in [1.82, 2.24) is 0 Å². The Balaban J connectivity index is 0. The molecule has 0 atom stereocenters. The minimum atomic E-state index is -2.37. The van der Waals surface area contributed by atoms with Gasteiger partial charge in [0.25, 0.3) is 0 Å². The van der Waals surface area contributed by atoms with Crippen molar-refractivity contribution < 1.29 is 15.7 Å². The predicted molar refractivity (Wildman–Crippen MR) is 85.7 cm³/mol. The molecule has 1 nitrogen and oxygen atoms in total. The normalized spacial score (nSPS) is 21.5. The Morgan fingerprint density at radius 3 is 1.61 bits per heavy atom. The molecule has 0 aromatic rings. The number of ether oxygens (including phenoxy) is 1. The third-order valence-corrected chi connectivity index (χ3v) is 7.44. The molecule has 0 spiro atoms. The van der Waals surface area contributed by atoms with E-state index in [9.17, 15) is 0 Å². The molecule has 0 aromatic heterocycles. The molecule has 1 heterocycles. The molecule has 4 heteroatoms. The van der Waals surface area contributed by atoms with Gasteiger partial charge in [-0.2, -0.15) is 0 Å². The molecule has 0 aromatic carbocycles. The van der Waals surface area contributed by atoms with Gasteiger partial charge < -0.3 is 4.74 Å². The van der Waals surface area contributed by atoms with Crippen molar-refractivity contribution in [1.29, 1.82) is 0 Å². The van der Waals surface area contributed by atoms with Gasteiger partial charge in [-0.05, 0) is 12.8 Å². The fourth-order valence-corrected chi connectivity index (χ4v) is 4.33. The van der Waals surface area contributed by atoms with Crippen LogP contribution in [-0.4, -0.2) is 13.2 Å². The molecule has 1 aliphatic carbocycles. The van der Waals surface area contributed by atoms with E-state index < -0.39 is 10.9 Å². The zero-order valence-corrected chi connectivity index (χ0v) is 15.3. The molecular formula is C14H30Cl2CrO. The van der Waals surface area contributed by atoms with E-state index in [0.29, 0.717) is 0 Å². The number of rotatable bonds is 1. The maximum absolute atomic E-state index is 4.94. The fourth-order valence-electron chi connectivity index (χ4n) is 1.69. The minimum absolute atomic E-state index is 0. The summed E-state index contributed by atoms with van der Waals surface area (Å²) in [6.45, 7) is 2.00. The summed E-state index contributed by atoms with van der Waals surface area (Å²) >= 11 is 0. The molecule has 0 amide bonds. The Morgan fingerprint density at radius 2 is 1.44 bits per heavy atom. The molecule has 0 bridgehead atoms. The molecule has 18 heavy (non-hydrogen) atoms. The number of hydrogen-bond donors (Lipinski definition) is 0. The second-order valence-corrected chi connectivity index (χ2v) is 24.4. The van der Waals surface area contributed by atoms with Crippen LogP contribution < -0.4 is 0 Å². The van der Waals surface area contributed by atoms with Crippen LogP contribution in [0.4, 0.5) is 0 Å². The zero-order valence-electron chi connectivity index (χ0n) is 12.4. The summed E-state index contributed by atoms with van der Waals surface area (Å²) in [6.07, 6.45) is 10.5. The van der Waals surface area contributed by atoms with Gasteiger partial charge >= 0.3 is 68.9 Å². The fraction of sp³-hybridized carbons (Fsp3) is 0.714. The van der Waals surface area contributed by atoms with Crippen molar-refractivity contribution in [2.24, 2.45) is 0 Å². The molecule has 1 fully saturated rings. The van der Waals surface area contributed by atoms with Crippen LogP contribution in [0, 0.1) is 0 Å². The van der Waals surface area contributed by atoms with E-state index in [1.165, 1.54) is 19.3 Å². The summed E-state index contributed by atoms with van der Waals surface area (Å²) in [6, 6.07) is 0. The van der Waals surface area contributed by atoms with Gasteiger partial charge in [0.1, 0.15) is 0 Å². The van der Waals surface area contributed by atoms with Gasteiger partial charge in [-0.3, -0.25) is 0 Å². The van der Waals surface area contributed by atoms with E-state index in [-0.39, 0.29) is 24.8 Å². The maximum atomic E-state index is 4.94. The Bertz CT molecular complexity index is 299. The molecule has 0 radical (unpaired) electrons. The van der Waals surface area contributed by atoms with Crippen LogP contribution in [0.2, 0.25) is 28.9 Å². The first-order chi connectivity index (χ1) is 7.09. The predicted octanol–water partition coefficient (Wildman–Crippen LogP) is 5.94. The number of allylic oxidation sites excluding steroid dienone is 4. The van der Waals surface area contributed by atoms with E-state index >= 15 is 0 Å². The van der Waals surface area contributed by atoms with Crippen molar-refractivity contribution in [2.75, 3.05) is 13.2 Å². The summed E-state index contributed by atoms with van der Waals surface area (Å²) in [5.74, 6) is 12.3. The zero-order chi connectivity index (χ0) is 12.3. The van der Waals surface area contributed by atoms with E-state index in [1.54, 1.807) is 4.44 Å². The monoisotopic (exact) mass is 336 g/mol. The van der Waals surface area contributed by atoms with Crippen LogP contribution >= 0.6 is 24.8 Å². The van der Waals surface area contributed by atoms with Gasteiger partial charge in [0, 0.05) is 13.2 Å². The Hall–Kier alpha value is 0.552. The molecule has 2 aliphatic rings. The first-order valence-corrected chi connectivity index (χ1v) is 13.1. The second-order valence-electron chi connectivity index (χ2n) is 7.69. The topological polar surface area (TPSA) is 9.23 Å². The summed E-state index contributed by atoms with van der Waals surface area (Å²) in [4.78, 5) is 0. The first kappa shape index (κ1) is 20.9. The van der Waals surface area contributed by atoms with Gasteiger partial charge in [-0.1, -0.05) is 0 Å². The average Bonchev–Trinajstić information content (AvgIpc) is 2.78. The molecule has 1 aliphatic heterocycles. The first-order valence-electron chi connectivity index (χ1n) is 6.04. The van der Waals surface area contributed by atoms with Crippen molar-refractivity contribution in [3.63, 3.8) is 0 Å². The molecule has 112 valence electrons. The van der Waals surface area contributed by atoms with E-state index in [4.69, 9.17) is 4.74 Å². The van der Waals surface area contributed by atoms with E-state index in [1.807, 2.05) is 0 Å². The van der Waals surface area contributed by atoms with E-state index in [0.717, 1.165) is 13.2 Å². The quantitative estimate of drug-likeness (QED) is 0.576. The second kappa shape index (κ2) is 6.33. The molecule has 0 saturated carbocycles. The number of halogens is 2. The Labute approximate surface area is 124 Å². The third kappa shape index (κ3) is 7.87. The van der Waals surface area contributed by atoms with Crippen LogP contribution in [0.15, 0.2) is 22.7 Å². The summed E-state index contributed by atoms with van der Waals surface area (Å²) in [5, 5.41) is 0. The molecule has 2 rings (SSSR count). The van der Waals surface area contributed by atoms with Gasteiger partial charge in [-0.15, -0.1) is 24.8 Å². The summed E-state index contributed by atoms with van der Waals surface area (Å²) in [7, 11) is -2.37. The molecule has 0 N–H and O–H groups in total. The number of hydrogen-bond acceptors (Lipinski definition) is 1. The van der Waals surface area contributed by atoms with Crippen LogP contribution in [0.1, 0.15) is 19.3 Å².